The van der Waals surface area contributed by atoms with E-state index in [2.05, 4.69) is 16.7 Å². The van der Waals surface area contributed by atoms with Crippen LogP contribution in [0.5, 0.6) is 0 Å². The van der Waals surface area contributed by atoms with E-state index in [1.165, 1.54) is 6.07 Å². The number of amides is 1. The first kappa shape index (κ1) is 20.0. The van der Waals surface area contributed by atoms with Gasteiger partial charge in [0.2, 0.25) is 5.91 Å². The van der Waals surface area contributed by atoms with Gasteiger partial charge in [0.25, 0.3) is 0 Å². The quantitative estimate of drug-likeness (QED) is 0.813. The number of hydrogen-bond acceptors (Lipinski definition) is 2. The number of likely N-dealkylation sites (tertiary alicyclic amines) is 1. The van der Waals surface area contributed by atoms with Gasteiger partial charge in [-0.05, 0) is 49.2 Å². The molecule has 0 saturated carbocycles. The molecule has 3 nitrogen and oxygen atoms in total. The minimum atomic E-state index is -4.46. The van der Waals surface area contributed by atoms with E-state index in [-0.39, 0.29) is 17.4 Å². The van der Waals surface area contributed by atoms with Gasteiger partial charge in [-0.15, -0.1) is 0 Å². The molecular formula is C22H21F3N2O. The largest absolute Gasteiger partial charge is 0.417 e. The van der Waals surface area contributed by atoms with E-state index < -0.39 is 11.7 Å². The Balaban J connectivity index is 1.74. The second kappa shape index (κ2) is 8.49. The van der Waals surface area contributed by atoms with Gasteiger partial charge in [-0.1, -0.05) is 48.2 Å². The maximum Gasteiger partial charge on any atom is 0.417 e. The van der Waals surface area contributed by atoms with Crippen molar-refractivity contribution in [2.75, 3.05) is 19.6 Å². The lowest BCUT2D eigenvalue weighted by molar-refractivity contribution is -0.137. The minimum Gasteiger partial charge on any atom is -0.369 e. The van der Waals surface area contributed by atoms with Crippen LogP contribution < -0.4 is 5.73 Å². The van der Waals surface area contributed by atoms with Crippen molar-refractivity contribution in [2.24, 2.45) is 11.7 Å². The Morgan fingerprint density at radius 3 is 2.39 bits per heavy atom. The van der Waals surface area contributed by atoms with Crippen molar-refractivity contribution in [2.45, 2.75) is 19.0 Å². The van der Waals surface area contributed by atoms with E-state index >= 15 is 0 Å². The first-order valence-electron chi connectivity index (χ1n) is 9.12. The van der Waals surface area contributed by atoms with E-state index in [9.17, 15) is 18.0 Å². The Morgan fingerprint density at radius 1 is 1.11 bits per heavy atom. The number of nitrogens with two attached hydrogens (primary N) is 1. The van der Waals surface area contributed by atoms with Crippen molar-refractivity contribution in [3.8, 4) is 23.0 Å². The average molecular weight is 386 g/mol. The van der Waals surface area contributed by atoms with Gasteiger partial charge in [-0.2, -0.15) is 13.2 Å². The Morgan fingerprint density at radius 2 is 1.79 bits per heavy atom. The fourth-order valence-corrected chi connectivity index (χ4v) is 3.35. The highest BCUT2D eigenvalue weighted by atomic mass is 19.4. The first-order chi connectivity index (χ1) is 13.3. The number of piperidine rings is 1. The summed E-state index contributed by atoms with van der Waals surface area (Å²) in [4.78, 5) is 13.3. The molecule has 6 heteroatoms. The summed E-state index contributed by atoms with van der Waals surface area (Å²) >= 11 is 0. The van der Waals surface area contributed by atoms with Crippen molar-refractivity contribution >= 4 is 5.91 Å². The molecule has 1 saturated heterocycles. The molecule has 1 aliphatic rings. The van der Waals surface area contributed by atoms with E-state index in [0.29, 0.717) is 43.6 Å². The third-order valence-corrected chi connectivity index (χ3v) is 4.94. The molecule has 146 valence electrons. The molecule has 0 unspecified atom stereocenters. The Kier molecular flexibility index (Phi) is 6.05. The summed E-state index contributed by atoms with van der Waals surface area (Å²) < 4.78 is 40.6. The molecule has 3 rings (SSSR count). The summed E-state index contributed by atoms with van der Waals surface area (Å²) in [5, 5.41) is 0. The summed E-state index contributed by atoms with van der Waals surface area (Å²) in [6.07, 6.45) is -3.07. The molecule has 2 aromatic rings. The fraction of sp³-hybridized carbons (Fsp3) is 0.318. The molecule has 1 amide bonds. The lowest BCUT2D eigenvalue weighted by Crippen LogP contribution is -2.38. The van der Waals surface area contributed by atoms with Crippen molar-refractivity contribution in [1.82, 2.24) is 4.90 Å². The zero-order valence-corrected chi connectivity index (χ0v) is 15.3. The van der Waals surface area contributed by atoms with Crippen LogP contribution in [0.4, 0.5) is 13.2 Å². The predicted molar refractivity (Wildman–Crippen MR) is 102 cm³/mol. The zero-order valence-electron chi connectivity index (χ0n) is 15.3. The number of alkyl halides is 3. The molecule has 0 aromatic heterocycles. The molecule has 0 atom stereocenters. The number of primary amides is 1. The van der Waals surface area contributed by atoms with Crippen LogP contribution in [-0.4, -0.2) is 30.4 Å². The van der Waals surface area contributed by atoms with E-state index in [1.807, 2.05) is 0 Å². The molecule has 0 spiro atoms. The Bertz CT molecular complexity index is 889. The molecular weight excluding hydrogens is 365 g/mol. The summed E-state index contributed by atoms with van der Waals surface area (Å²) in [6.45, 7) is 1.87. The second-order valence-electron chi connectivity index (χ2n) is 6.88. The molecule has 1 aliphatic heterocycles. The van der Waals surface area contributed by atoms with Crippen LogP contribution in [0, 0.1) is 17.8 Å². The lowest BCUT2D eigenvalue weighted by Gasteiger charge is -2.28. The lowest BCUT2D eigenvalue weighted by atomic mass is 9.96. The minimum absolute atomic E-state index is 0.0934. The number of carbonyl (C=O) groups excluding carboxylic acids is 1. The van der Waals surface area contributed by atoms with Crippen LogP contribution in [0.15, 0.2) is 48.5 Å². The number of halogens is 3. The number of carbonyl (C=O) groups is 1. The predicted octanol–water partition coefficient (Wildman–Crippen LogP) is 3.92. The summed E-state index contributed by atoms with van der Waals surface area (Å²) in [5.74, 6) is 5.41. The van der Waals surface area contributed by atoms with Gasteiger partial charge in [0.15, 0.2) is 0 Å². The van der Waals surface area contributed by atoms with Crippen LogP contribution in [0.3, 0.4) is 0 Å². The summed E-state index contributed by atoms with van der Waals surface area (Å²) in [7, 11) is 0. The molecule has 2 N–H and O–H groups in total. The summed E-state index contributed by atoms with van der Waals surface area (Å²) in [5.41, 5.74) is 5.63. The molecule has 28 heavy (non-hydrogen) atoms. The van der Waals surface area contributed by atoms with Gasteiger partial charge in [0.05, 0.1) is 12.1 Å². The first-order valence-corrected chi connectivity index (χ1v) is 9.12. The highest BCUT2D eigenvalue weighted by molar-refractivity contribution is 5.76. The van der Waals surface area contributed by atoms with Crippen LogP contribution >= 0.6 is 0 Å². The van der Waals surface area contributed by atoms with E-state index in [0.717, 1.165) is 6.07 Å². The van der Waals surface area contributed by atoms with Crippen molar-refractivity contribution in [3.63, 3.8) is 0 Å². The highest BCUT2D eigenvalue weighted by Crippen LogP contribution is 2.37. The Labute approximate surface area is 162 Å². The van der Waals surface area contributed by atoms with Gasteiger partial charge < -0.3 is 5.73 Å². The molecule has 0 aliphatic carbocycles. The molecule has 0 radical (unpaired) electrons. The normalized spacial score (nSPS) is 15.7. The van der Waals surface area contributed by atoms with Gasteiger partial charge >= 0.3 is 6.18 Å². The van der Waals surface area contributed by atoms with Crippen LogP contribution in [0.2, 0.25) is 0 Å². The van der Waals surface area contributed by atoms with Crippen molar-refractivity contribution in [1.29, 1.82) is 0 Å². The smallest absolute Gasteiger partial charge is 0.369 e. The molecule has 0 bridgehead atoms. The number of nitrogens with zero attached hydrogens (tertiary/aromatic N) is 1. The molecule has 2 aromatic carbocycles. The zero-order chi connectivity index (χ0) is 20.1. The molecule has 1 heterocycles. The van der Waals surface area contributed by atoms with Crippen molar-refractivity contribution < 1.29 is 18.0 Å². The maximum absolute atomic E-state index is 13.5. The summed E-state index contributed by atoms with van der Waals surface area (Å²) in [6, 6.07) is 12.7. The number of benzene rings is 2. The van der Waals surface area contributed by atoms with E-state index in [4.69, 9.17) is 5.73 Å². The topological polar surface area (TPSA) is 46.3 Å². The van der Waals surface area contributed by atoms with Gasteiger partial charge in [-0.25, -0.2) is 0 Å². The average Bonchev–Trinajstić information content (AvgIpc) is 2.68. The monoisotopic (exact) mass is 386 g/mol. The third-order valence-electron chi connectivity index (χ3n) is 4.94. The fourth-order valence-electron chi connectivity index (χ4n) is 3.35. The number of hydrogen-bond donors (Lipinski definition) is 1. The third kappa shape index (κ3) is 4.93. The standard InChI is InChI=1S/C22H21F3N2O/c23-22(24,25)20-15-16(8-9-19(20)17-6-2-1-3-7-17)5-4-12-27-13-10-18(11-14-27)21(26)28/h1-3,6-9,15,18H,10-14H2,(H2,26,28). The van der Waals surface area contributed by atoms with Gasteiger partial charge in [0, 0.05) is 11.5 Å². The number of rotatable bonds is 3. The SMILES string of the molecule is NC(=O)C1CCN(CC#Cc2ccc(-c3ccccc3)c(C(F)(F)F)c2)CC1. The highest BCUT2D eigenvalue weighted by Gasteiger charge is 2.33. The van der Waals surface area contributed by atoms with E-state index in [1.54, 1.807) is 36.4 Å². The maximum atomic E-state index is 13.5. The van der Waals surface area contributed by atoms with Gasteiger partial charge in [0.1, 0.15) is 0 Å². The van der Waals surface area contributed by atoms with Crippen molar-refractivity contribution in [3.05, 3.63) is 59.7 Å². The van der Waals surface area contributed by atoms with Gasteiger partial charge in [-0.3, -0.25) is 9.69 Å². The second-order valence-corrected chi connectivity index (χ2v) is 6.88. The Hall–Kier alpha value is -2.78. The van der Waals surface area contributed by atoms with Crippen LogP contribution in [-0.2, 0) is 11.0 Å². The molecule has 1 fully saturated rings. The van der Waals surface area contributed by atoms with Crippen LogP contribution in [0.25, 0.3) is 11.1 Å². The van der Waals surface area contributed by atoms with Crippen LogP contribution in [0.1, 0.15) is 24.0 Å².